The van der Waals surface area contributed by atoms with Gasteiger partial charge in [0, 0.05) is 21.2 Å². The zero-order chi connectivity index (χ0) is 17.8. The second kappa shape index (κ2) is 5.51. The summed E-state index contributed by atoms with van der Waals surface area (Å²) in [7, 11) is 0. The molecule has 4 aromatic carbocycles. The molecule has 0 radical (unpaired) electrons. The SMILES string of the molecule is c1ccc2c(c1)Nc1ccccc1C21c2ccccc2Sc2ccccc21. The van der Waals surface area contributed by atoms with E-state index in [1.165, 1.54) is 43.4 Å². The monoisotopic (exact) mass is 363 g/mol. The van der Waals surface area contributed by atoms with Crippen LogP contribution in [-0.2, 0) is 5.41 Å². The first-order valence-corrected chi connectivity index (χ1v) is 10.0. The molecule has 1 spiro atoms. The van der Waals surface area contributed by atoms with Crippen molar-refractivity contribution in [3.8, 4) is 0 Å². The smallest absolute Gasteiger partial charge is 0.0763 e. The predicted octanol–water partition coefficient (Wildman–Crippen LogP) is 6.59. The van der Waals surface area contributed by atoms with Crippen molar-refractivity contribution in [2.24, 2.45) is 0 Å². The van der Waals surface area contributed by atoms with E-state index in [4.69, 9.17) is 0 Å². The molecule has 2 aliphatic heterocycles. The molecule has 0 atom stereocenters. The molecule has 0 aromatic heterocycles. The molecule has 2 aliphatic rings. The van der Waals surface area contributed by atoms with Crippen LogP contribution in [0.1, 0.15) is 22.3 Å². The molecule has 0 fully saturated rings. The fraction of sp³-hybridized carbons (Fsp3) is 0.0400. The number of para-hydroxylation sites is 2. The Morgan fingerprint density at radius 2 is 0.889 bits per heavy atom. The van der Waals surface area contributed by atoms with Crippen LogP contribution in [0.5, 0.6) is 0 Å². The second-order valence-electron chi connectivity index (χ2n) is 7.06. The van der Waals surface area contributed by atoms with E-state index in [0.29, 0.717) is 0 Å². The standard InChI is InChI=1S/C25H17NS/c1-5-13-21-17(9-1)25(18-10-2-6-14-22(18)26-21)19-11-3-7-15-23(19)27-24-16-8-4-12-20(24)25/h1-16,26H. The number of hydrogen-bond donors (Lipinski definition) is 1. The summed E-state index contributed by atoms with van der Waals surface area (Å²) in [6.07, 6.45) is 0. The summed E-state index contributed by atoms with van der Waals surface area (Å²) in [5.41, 5.74) is 7.47. The summed E-state index contributed by atoms with van der Waals surface area (Å²) in [5.74, 6) is 0. The van der Waals surface area contributed by atoms with E-state index in [1.54, 1.807) is 0 Å². The van der Waals surface area contributed by atoms with Gasteiger partial charge in [-0.1, -0.05) is 84.6 Å². The van der Waals surface area contributed by atoms with E-state index in [9.17, 15) is 0 Å². The number of rotatable bonds is 0. The number of hydrogen-bond acceptors (Lipinski definition) is 2. The minimum atomic E-state index is -0.295. The minimum Gasteiger partial charge on any atom is -0.355 e. The first-order chi connectivity index (χ1) is 13.4. The second-order valence-corrected chi connectivity index (χ2v) is 8.14. The van der Waals surface area contributed by atoms with Crippen LogP contribution < -0.4 is 5.32 Å². The fourth-order valence-corrected chi connectivity index (χ4v) is 5.90. The van der Waals surface area contributed by atoms with E-state index in [0.717, 1.165) is 0 Å². The molecule has 0 bridgehead atoms. The van der Waals surface area contributed by atoms with Gasteiger partial charge in [-0.05, 0) is 46.5 Å². The lowest BCUT2D eigenvalue weighted by Gasteiger charge is -2.45. The molecular formula is C25H17NS. The third-order valence-electron chi connectivity index (χ3n) is 5.73. The molecule has 0 amide bonds. The average molecular weight is 363 g/mol. The number of anilines is 2. The summed E-state index contributed by atoms with van der Waals surface area (Å²) in [5, 5.41) is 3.67. The minimum absolute atomic E-state index is 0.295. The van der Waals surface area contributed by atoms with Crippen LogP contribution in [-0.4, -0.2) is 0 Å². The van der Waals surface area contributed by atoms with Crippen LogP contribution in [0.2, 0.25) is 0 Å². The Hall–Kier alpha value is -2.97. The Bertz CT molecular complexity index is 1000. The van der Waals surface area contributed by atoms with Crippen LogP contribution in [0.3, 0.4) is 0 Å². The van der Waals surface area contributed by atoms with E-state index in [1.807, 2.05) is 11.8 Å². The van der Waals surface area contributed by atoms with Gasteiger partial charge in [0.25, 0.3) is 0 Å². The maximum atomic E-state index is 3.67. The molecule has 0 aliphatic carbocycles. The third kappa shape index (κ3) is 1.91. The highest BCUT2D eigenvalue weighted by molar-refractivity contribution is 7.99. The van der Waals surface area contributed by atoms with Crippen LogP contribution in [0.15, 0.2) is 107 Å². The normalized spacial score (nSPS) is 15.1. The molecule has 2 heterocycles. The molecular weight excluding hydrogens is 346 g/mol. The maximum Gasteiger partial charge on any atom is 0.0763 e. The zero-order valence-corrected chi connectivity index (χ0v) is 15.5. The van der Waals surface area contributed by atoms with Crippen molar-refractivity contribution < 1.29 is 0 Å². The molecule has 1 nitrogen and oxygen atoms in total. The van der Waals surface area contributed by atoms with E-state index >= 15 is 0 Å². The Morgan fingerprint density at radius 1 is 0.481 bits per heavy atom. The first-order valence-electron chi connectivity index (χ1n) is 9.22. The predicted molar refractivity (Wildman–Crippen MR) is 112 cm³/mol. The number of benzene rings is 4. The van der Waals surface area contributed by atoms with Crippen molar-refractivity contribution in [2.75, 3.05) is 5.32 Å². The largest absolute Gasteiger partial charge is 0.355 e. The van der Waals surface area contributed by atoms with Gasteiger partial charge in [0.15, 0.2) is 0 Å². The zero-order valence-electron chi connectivity index (χ0n) is 14.6. The quantitative estimate of drug-likeness (QED) is 0.327. The van der Waals surface area contributed by atoms with Crippen molar-refractivity contribution in [1.82, 2.24) is 0 Å². The summed E-state index contributed by atoms with van der Waals surface area (Å²) in [4.78, 5) is 2.67. The summed E-state index contributed by atoms with van der Waals surface area (Å²) in [6, 6.07) is 35.2. The van der Waals surface area contributed by atoms with Gasteiger partial charge in [0.2, 0.25) is 0 Å². The van der Waals surface area contributed by atoms with E-state index in [2.05, 4.69) is 102 Å². The highest BCUT2D eigenvalue weighted by atomic mass is 32.2. The van der Waals surface area contributed by atoms with Crippen LogP contribution in [0.25, 0.3) is 0 Å². The van der Waals surface area contributed by atoms with Crippen molar-refractivity contribution in [1.29, 1.82) is 0 Å². The third-order valence-corrected chi connectivity index (χ3v) is 6.89. The first kappa shape index (κ1) is 15.1. The van der Waals surface area contributed by atoms with Crippen LogP contribution in [0, 0.1) is 0 Å². The summed E-state index contributed by atoms with van der Waals surface area (Å²) >= 11 is 1.88. The van der Waals surface area contributed by atoms with Gasteiger partial charge in [0.1, 0.15) is 0 Å². The van der Waals surface area contributed by atoms with Crippen LogP contribution >= 0.6 is 11.8 Å². The fourth-order valence-electron chi connectivity index (χ4n) is 4.70. The molecule has 6 rings (SSSR count). The van der Waals surface area contributed by atoms with Crippen molar-refractivity contribution >= 4 is 23.1 Å². The van der Waals surface area contributed by atoms with Gasteiger partial charge < -0.3 is 5.32 Å². The van der Waals surface area contributed by atoms with Gasteiger partial charge in [-0.2, -0.15) is 0 Å². The molecule has 4 aromatic rings. The molecule has 1 N–H and O–H groups in total. The highest BCUT2D eigenvalue weighted by Gasteiger charge is 2.48. The van der Waals surface area contributed by atoms with Gasteiger partial charge in [-0.15, -0.1) is 0 Å². The lowest BCUT2D eigenvalue weighted by Crippen LogP contribution is -2.37. The maximum absolute atomic E-state index is 3.67. The molecule has 0 saturated carbocycles. The molecule has 0 saturated heterocycles. The van der Waals surface area contributed by atoms with Crippen molar-refractivity contribution in [3.05, 3.63) is 119 Å². The van der Waals surface area contributed by atoms with Crippen molar-refractivity contribution in [3.63, 3.8) is 0 Å². The van der Waals surface area contributed by atoms with Crippen LogP contribution in [0.4, 0.5) is 11.4 Å². The van der Waals surface area contributed by atoms with Gasteiger partial charge in [-0.25, -0.2) is 0 Å². The molecule has 0 unspecified atom stereocenters. The van der Waals surface area contributed by atoms with Gasteiger partial charge >= 0.3 is 0 Å². The Labute approximate surface area is 163 Å². The Kier molecular flexibility index (Phi) is 3.09. The lowest BCUT2D eigenvalue weighted by atomic mass is 9.62. The average Bonchev–Trinajstić information content (AvgIpc) is 2.73. The van der Waals surface area contributed by atoms with Gasteiger partial charge in [0.05, 0.1) is 5.41 Å². The van der Waals surface area contributed by atoms with E-state index < -0.39 is 0 Å². The number of fused-ring (bicyclic) bond motifs is 8. The van der Waals surface area contributed by atoms with Crippen molar-refractivity contribution in [2.45, 2.75) is 15.2 Å². The Morgan fingerprint density at radius 3 is 1.41 bits per heavy atom. The van der Waals surface area contributed by atoms with Gasteiger partial charge in [-0.3, -0.25) is 0 Å². The molecule has 2 heteroatoms. The lowest BCUT2D eigenvalue weighted by molar-refractivity contribution is 0.699. The van der Waals surface area contributed by atoms with E-state index in [-0.39, 0.29) is 5.41 Å². The molecule has 27 heavy (non-hydrogen) atoms. The Balaban J connectivity index is 1.85. The molecule has 128 valence electrons. The number of nitrogens with one attached hydrogen (secondary N) is 1. The summed E-state index contributed by atoms with van der Waals surface area (Å²) < 4.78 is 0. The highest BCUT2D eigenvalue weighted by Crippen LogP contribution is 2.60. The topological polar surface area (TPSA) is 12.0 Å². The summed E-state index contributed by atoms with van der Waals surface area (Å²) in [6.45, 7) is 0.